The predicted octanol–water partition coefficient (Wildman–Crippen LogP) is 2.30. The van der Waals surface area contributed by atoms with Crippen LogP contribution in [0.4, 0.5) is 0 Å². The smallest absolute Gasteiger partial charge is 0.0363 e. The lowest BCUT2D eigenvalue weighted by Crippen LogP contribution is -1.89. The van der Waals surface area contributed by atoms with Gasteiger partial charge in [-0.2, -0.15) is 0 Å². The summed E-state index contributed by atoms with van der Waals surface area (Å²) < 4.78 is 0. The Labute approximate surface area is 45.9 Å². The third-order valence-electron chi connectivity index (χ3n) is 2.03. The molecule has 2 atom stereocenters. The van der Waals surface area contributed by atoms with Crippen molar-refractivity contribution in [3.05, 3.63) is 0 Å². The quantitative estimate of drug-likeness (QED) is 0.472. The maximum Gasteiger partial charge on any atom is -0.0363 e. The van der Waals surface area contributed by atoms with Gasteiger partial charge in [-0.1, -0.05) is 20.8 Å². The molecule has 1 aliphatic carbocycles. The Morgan fingerprint density at radius 1 is 1.43 bits per heavy atom. The highest BCUT2D eigenvalue weighted by Gasteiger charge is 2.34. The van der Waals surface area contributed by atoms with E-state index in [9.17, 15) is 0 Å². The Balaban J connectivity index is 2.20. The highest BCUT2D eigenvalue weighted by atomic mass is 14.4. The van der Waals surface area contributed by atoms with E-state index in [0.717, 1.165) is 17.8 Å². The number of rotatable bonds is 1. The molecule has 0 spiro atoms. The predicted molar refractivity (Wildman–Crippen MR) is 32.1 cm³/mol. The molecule has 0 N–H and O–H groups in total. The summed E-state index contributed by atoms with van der Waals surface area (Å²) in [4.78, 5) is 0. The van der Waals surface area contributed by atoms with Crippen LogP contribution in [0.25, 0.3) is 0 Å². The van der Waals surface area contributed by atoms with Gasteiger partial charge in [-0.15, -0.1) is 0 Å². The Morgan fingerprint density at radius 3 is 1.86 bits per heavy atom. The van der Waals surface area contributed by atoms with Crippen molar-refractivity contribution < 1.29 is 0 Å². The van der Waals surface area contributed by atoms with Crippen LogP contribution in [0.5, 0.6) is 0 Å². The lowest BCUT2D eigenvalue weighted by Gasteiger charge is -1.97. The standard InChI is InChI=1S/C7H14/c1-5(2)7-4-6(7)3/h5-7H,4H2,1-3H3/t6-,7?/m0/s1. The zero-order chi connectivity index (χ0) is 5.44. The van der Waals surface area contributed by atoms with Crippen molar-refractivity contribution in [1.29, 1.82) is 0 Å². The maximum absolute atomic E-state index is 2.34. The van der Waals surface area contributed by atoms with Gasteiger partial charge in [0.15, 0.2) is 0 Å². The molecule has 0 bridgehead atoms. The molecule has 0 aromatic carbocycles. The van der Waals surface area contributed by atoms with Crippen molar-refractivity contribution in [2.45, 2.75) is 27.2 Å². The molecular weight excluding hydrogens is 84.1 g/mol. The van der Waals surface area contributed by atoms with Gasteiger partial charge in [0.25, 0.3) is 0 Å². The highest BCUT2D eigenvalue weighted by Crippen LogP contribution is 2.43. The van der Waals surface area contributed by atoms with Crippen LogP contribution in [0.2, 0.25) is 0 Å². The first-order valence-corrected chi connectivity index (χ1v) is 3.22. The summed E-state index contributed by atoms with van der Waals surface area (Å²) in [6, 6.07) is 0. The van der Waals surface area contributed by atoms with Crippen molar-refractivity contribution in [2.24, 2.45) is 17.8 Å². The molecule has 7 heavy (non-hydrogen) atoms. The van der Waals surface area contributed by atoms with Crippen molar-refractivity contribution in [1.82, 2.24) is 0 Å². The summed E-state index contributed by atoms with van der Waals surface area (Å²) in [6.07, 6.45) is 1.48. The molecule has 0 saturated heterocycles. The first-order chi connectivity index (χ1) is 3.22. The Kier molecular flexibility index (Phi) is 1.10. The Bertz CT molecular complexity index is 64.4. The molecule has 0 radical (unpaired) electrons. The Morgan fingerprint density at radius 2 is 1.86 bits per heavy atom. The molecule has 0 heteroatoms. The second-order valence-electron chi connectivity index (χ2n) is 3.12. The normalized spacial score (nSPS) is 39.4. The van der Waals surface area contributed by atoms with Crippen LogP contribution in [-0.4, -0.2) is 0 Å². The molecule has 0 aromatic heterocycles. The first kappa shape index (κ1) is 5.14. The molecule has 0 nitrogen and oxygen atoms in total. The molecule has 1 fully saturated rings. The minimum atomic E-state index is 0.940. The lowest BCUT2D eigenvalue weighted by atomic mass is 10.1. The molecule has 1 aliphatic rings. The second-order valence-corrected chi connectivity index (χ2v) is 3.12. The van der Waals surface area contributed by atoms with Crippen LogP contribution >= 0.6 is 0 Å². The monoisotopic (exact) mass is 98.1 g/mol. The summed E-state index contributed by atoms with van der Waals surface area (Å²) >= 11 is 0. The summed E-state index contributed by atoms with van der Waals surface area (Å²) in [5, 5.41) is 0. The van der Waals surface area contributed by atoms with Gasteiger partial charge in [0, 0.05) is 0 Å². The van der Waals surface area contributed by atoms with Gasteiger partial charge < -0.3 is 0 Å². The van der Waals surface area contributed by atoms with Crippen LogP contribution in [-0.2, 0) is 0 Å². The average Bonchev–Trinajstić information content (AvgIpc) is 2.17. The highest BCUT2D eigenvalue weighted by molar-refractivity contribution is 4.84. The summed E-state index contributed by atoms with van der Waals surface area (Å²) in [5.74, 6) is 3.05. The van der Waals surface area contributed by atoms with E-state index in [1.807, 2.05) is 0 Å². The van der Waals surface area contributed by atoms with Gasteiger partial charge in [0.05, 0.1) is 0 Å². The van der Waals surface area contributed by atoms with E-state index < -0.39 is 0 Å². The van der Waals surface area contributed by atoms with E-state index in [0.29, 0.717) is 0 Å². The SMILES string of the molecule is CC(C)C1C[C@@H]1C. The van der Waals surface area contributed by atoms with Gasteiger partial charge in [-0.3, -0.25) is 0 Å². The fraction of sp³-hybridized carbons (Fsp3) is 1.00. The minimum absolute atomic E-state index is 0.940. The molecule has 1 unspecified atom stereocenters. The van der Waals surface area contributed by atoms with Crippen LogP contribution in [0.1, 0.15) is 27.2 Å². The molecule has 0 aromatic rings. The van der Waals surface area contributed by atoms with Crippen LogP contribution in [0.3, 0.4) is 0 Å². The van der Waals surface area contributed by atoms with Gasteiger partial charge >= 0.3 is 0 Å². The van der Waals surface area contributed by atoms with Gasteiger partial charge in [0.1, 0.15) is 0 Å². The molecule has 0 amide bonds. The molecule has 1 saturated carbocycles. The van der Waals surface area contributed by atoms with Gasteiger partial charge in [0.2, 0.25) is 0 Å². The van der Waals surface area contributed by atoms with E-state index in [2.05, 4.69) is 20.8 Å². The zero-order valence-electron chi connectivity index (χ0n) is 5.44. The van der Waals surface area contributed by atoms with Crippen molar-refractivity contribution >= 4 is 0 Å². The van der Waals surface area contributed by atoms with Crippen molar-refractivity contribution in [3.63, 3.8) is 0 Å². The fourth-order valence-electron chi connectivity index (χ4n) is 1.28. The lowest BCUT2D eigenvalue weighted by molar-refractivity contribution is 0.530. The topological polar surface area (TPSA) is 0 Å². The van der Waals surface area contributed by atoms with Crippen LogP contribution < -0.4 is 0 Å². The summed E-state index contributed by atoms with van der Waals surface area (Å²) in [7, 11) is 0. The summed E-state index contributed by atoms with van der Waals surface area (Å²) in [6.45, 7) is 6.97. The first-order valence-electron chi connectivity index (χ1n) is 3.22. The molecule has 0 aliphatic heterocycles. The average molecular weight is 98.2 g/mol. The van der Waals surface area contributed by atoms with Crippen molar-refractivity contribution in [3.8, 4) is 0 Å². The zero-order valence-corrected chi connectivity index (χ0v) is 5.44. The molecule has 42 valence electrons. The third kappa shape index (κ3) is 0.960. The molecular formula is C7H14. The van der Waals surface area contributed by atoms with Crippen LogP contribution in [0, 0.1) is 17.8 Å². The molecule has 0 heterocycles. The van der Waals surface area contributed by atoms with E-state index >= 15 is 0 Å². The second kappa shape index (κ2) is 1.50. The van der Waals surface area contributed by atoms with E-state index in [-0.39, 0.29) is 0 Å². The van der Waals surface area contributed by atoms with Gasteiger partial charge in [-0.25, -0.2) is 0 Å². The molecule has 1 rings (SSSR count). The number of hydrogen-bond acceptors (Lipinski definition) is 0. The van der Waals surface area contributed by atoms with E-state index in [1.54, 1.807) is 0 Å². The van der Waals surface area contributed by atoms with Crippen molar-refractivity contribution in [2.75, 3.05) is 0 Å². The Hall–Kier alpha value is 0. The largest absolute Gasteiger partial charge is 0.0625 e. The van der Waals surface area contributed by atoms with Gasteiger partial charge in [-0.05, 0) is 24.2 Å². The fourth-order valence-corrected chi connectivity index (χ4v) is 1.28. The van der Waals surface area contributed by atoms with E-state index in [1.165, 1.54) is 6.42 Å². The number of hydrogen-bond donors (Lipinski definition) is 0. The van der Waals surface area contributed by atoms with Crippen LogP contribution in [0.15, 0.2) is 0 Å². The maximum atomic E-state index is 2.34. The van der Waals surface area contributed by atoms with E-state index in [4.69, 9.17) is 0 Å². The third-order valence-corrected chi connectivity index (χ3v) is 2.03. The minimum Gasteiger partial charge on any atom is -0.0625 e. The summed E-state index contributed by atoms with van der Waals surface area (Å²) in [5.41, 5.74) is 0.